The van der Waals surface area contributed by atoms with E-state index in [1.54, 1.807) is 13.0 Å². The van der Waals surface area contributed by atoms with Gasteiger partial charge in [0.15, 0.2) is 11.6 Å². The van der Waals surface area contributed by atoms with Gasteiger partial charge < -0.3 is 10.6 Å². The van der Waals surface area contributed by atoms with Gasteiger partial charge in [-0.15, -0.1) is 0 Å². The molecule has 0 radical (unpaired) electrons. The zero-order valence-electron chi connectivity index (χ0n) is 11.0. The predicted octanol–water partition coefficient (Wildman–Crippen LogP) is 2.96. The van der Waals surface area contributed by atoms with Crippen LogP contribution < -0.4 is 10.6 Å². The molecule has 0 fully saturated rings. The number of halogens is 2. The van der Waals surface area contributed by atoms with Gasteiger partial charge in [0.25, 0.3) is 5.91 Å². The lowest BCUT2D eigenvalue weighted by Crippen LogP contribution is -2.15. The van der Waals surface area contributed by atoms with E-state index in [4.69, 9.17) is 0 Å². The van der Waals surface area contributed by atoms with Gasteiger partial charge in [0, 0.05) is 18.9 Å². The maximum absolute atomic E-state index is 13.9. The van der Waals surface area contributed by atoms with E-state index in [2.05, 4.69) is 15.6 Å². The molecule has 2 aromatic rings. The number of carbonyl (C=O) groups excluding carboxylic acids is 1. The molecule has 1 heterocycles. The second-order valence-electron chi connectivity index (χ2n) is 4.19. The van der Waals surface area contributed by atoms with Crippen LogP contribution in [0.15, 0.2) is 30.5 Å². The van der Waals surface area contributed by atoms with E-state index >= 15 is 0 Å². The summed E-state index contributed by atoms with van der Waals surface area (Å²) < 4.78 is 27.3. The first-order valence-electron chi connectivity index (χ1n) is 5.92. The first-order chi connectivity index (χ1) is 9.52. The Balaban J connectivity index is 2.26. The van der Waals surface area contributed by atoms with Crippen molar-refractivity contribution in [3.8, 4) is 0 Å². The lowest BCUT2D eigenvalue weighted by atomic mass is 10.2. The fourth-order valence-corrected chi connectivity index (χ4v) is 1.66. The van der Waals surface area contributed by atoms with Gasteiger partial charge in [-0.25, -0.2) is 13.8 Å². The van der Waals surface area contributed by atoms with E-state index in [9.17, 15) is 13.6 Å². The molecule has 1 amide bonds. The minimum absolute atomic E-state index is 0.0206. The minimum atomic E-state index is -0.750. The van der Waals surface area contributed by atoms with E-state index in [0.717, 1.165) is 0 Å². The lowest BCUT2D eigenvalue weighted by molar-refractivity contribution is 0.102. The number of nitrogens with zero attached hydrogens (tertiary/aromatic N) is 1. The first-order valence-corrected chi connectivity index (χ1v) is 5.92. The third kappa shape index (κ3) is 2.74. The van der Waals surface area contributed by atoms with Gasteiger partial charge in [-0.2, -0.15) is 0 Å². The Morgan fingerprint density at radius 2 is 2.00 bits per heavy atom. The molecule has 0 atom stereocenters. The van der Waals surface area contributed by atoms with Crippen LogP contribution in [0.1, 0.15) is 15.9 Å². The van der Waals surface area contributed by atoms with Crippen LogP contribution in [-0.4, -0.2) is 17.9 Å². The van der Waals surface area contributed by atoms with Crippen molar-refractivity contribution < 1.29 is 13.6 Å². The predicted molar refractivity (Wildman–Crippen MR) is 72.8 cm³/mol. The molecule has 0 aliphatic rings. The highest BCUT2D eigenvalue weighted by Crippen LogP contribution is 2.18. The number of aromatic nitrogens is 1. The maximum atomic E-state index is 13.9. The van der Waals surface area contributed by atoms with Crippen molar-refractivity contribution in [3.05, 3.63) is 53.2 Å². The van der Waals surface area contributed by atoms with Gasteiger partial charge in [-0.3, -0.25) is 4.79 Å². The summed E-state index contributed by atoms with van der Waals surface area (Å²) in [5.41, 5.74) is 0.571. The smallest absolute Gasteiger partial charge is 0.258 e. The number of amides is 1. The number of aryl methyl sites for hydroxylation is 1. The normalized spacial score (nSPS) is 10.2. The summed E-state index contributed by atoms with van der Waals surface area (Å²) in [4.78, 5) is 15.7. The molecule has 0 aliphatic carbocycles. The number of hydrogen-bond acceptors (Lipinski definition) is 3. The average Bonchev–Trinajstić information content (AvgIpc) is 2.43. The van der Waals surface area contributed by atoms with Crippen LogP contribution in [0.4, 0.5) is 20.3 Å². The number of benzene rings is 1. The highest BCUT2D eigenvalue weighted by atomic mass is 19.1. The van der Waals surface area contributed by atoms with Crippen molar-refractivity contribution in [1.82, 2.24) is 4.98 Å². The van der Waals surface area contributed by atoms with E-state index < -0.39 is 17.5 Å². The van der Waals surface area contributed by atoms with E-state index in [0.29, 0.717) is 5.56 Å². The number of hydrogen-bond donors (Lipinski definition) is 2. The van der Waals surface area contributed by atoms with Gasteiger partial charge >= 0.3 is 0 Å². The van der Waals surface area contributed by atoms with Crippen molar-refractivity contribution in [1.29, 1.82) is 0 Å². The Kier molecular flexibility index (Phi) is 3.93. The number of rotatable bonds is 3. The highest BCUT2D eigenvalue weighted by Gasteiger charge is 2.15. The second kappa shape index (κ2) is 5.64. The lowest BCUT2D eigenvalue weighted by Gasteiger charge is -2.08. The zero-order valence-corrected chi connectivity index (χ0v) is 11.0. The van der Waals surface area contributed by atoms with Crippen molar-refractivity contribution >= 4 is 17.4 Å². The summed E-state index contributed by atoms with van der Waals surface area (Å²) in [6.45, 7) is 1.61. The summed E-state index contributed by atoms with van der Waals surface area (Å²) in [6.07, 6.45) is 1.32. The molecule has 0 saturated carbocycles. The number of pyridine rings is 1. The summed E-state index contributed by atoms with van der Waals surface area (Å²) >= 11 is 0. The van der Waals surface area contributed by atoms with Gasteiger partial charge in [0.2, 0.25) is 0 Å². The largest absolute Gasteiger partial charge is 0.371 e. The average molecular weight is 277 g/mol. The molecular formula is C14H13F2N3O. The molecule has 104 valence electrons. The summed E-state index contributed by atoms with van der Waals surface area (Å²) in [6, 6.07) is 5.53. The molecule has 0 bridgehead atoms. The highest BCUT2D eigenvalue weighted by molar-refractivity contribution is 6.04. The van der Waals surface area contributed by atoms with Crippen LogP contribution in [0.3, 0.4) is 0 Å². The number of carbonyl (C=O) groups is 1. The molecule has 0 unspecified atom stereocenters. The molecule has 2 N–H and O–H groups in total. The molecule has 1 aromatic carbocycles. The summed E-state index contributed by atoms with van der Waals surface area (Å²) in [5, 5.41) is 4.99. The SMILES string of the molecule is CNc1nccc(C(=O)Nc2ccc(C)c(F)c2)c1F. The van der Waals surface area contributed by atoms with E-state index in [1.165, 1.54) is 31.4 Å². The minimum Gasteiger partial charge on any atom is -0.371 e. The zero-order chi connectivity index (χ0) is 14.7. The van der Waals surface area contributed by atoms with E-state index in [1.807, 2.05) is 0 Å². The first kappa shape index (κ1) is 13.9. The van der Waals surface area contributed by atoms with Crippen LogP contribution in [0.25, 0.3) is 0 Å². The summed E-state index contributed by atoms with van der Waals surface area (Å²) in [7, 11) is 1.50. The fourth-order valence-electron chi connectivity index (χ4n) is 1.66. The molecule has 0 spiro atoms. The van der Waals surface area contributed by atoms with Crippen LogP contribution in [0, 0.1) is 18.6 Å². The van der Waals surface area contributed by atoms with Crippen molar-refractivity contribution in [2.45, 2.75) is 6.92 Å². The van der Waals surface area contributed by atoms with Crippen molar-refractivity contribution in [3.63, 3.8) is 0 Å². The van der Waals surface area contributed by atoms with Crippen molar-refractivity contribution in [2.24, 2.45) is 0 Å². The Hall–Kier alpha value is -2.50. The molecule has 20 heavy (non-hydrogen) atoms. The molecular weight excluding hydrogens is 264 g/mol. The van der Waals surface area contributed by atoms with Gasteiger partial charge in [0.1, 0.15) is 5.82 Å². The Morgan fingerprint density at radius 3 is 2.65 bits per heavy atom. The Bertz CT molecular complexity index is 659. The standard InChI is InChI=1S/C14H13F2N3O/c1-8-3-4-9(7-11(8)15)19-14(20)10-5-6-18-13(17-2)12(10)16/h3-7H,1-2H3,(H,17,18)(H,19,20). The molecule has 2 rings (SSSR count). The quantitative estimate of drug-likeness (QED) is 0.907. The van der Waals surface area contributed by atoms with E-state index in [-0.39, 0.29) is 17.1 Å². The van der Waals surface area contributed by atoms with Gasteiger partial charge in [0.05, 0.1) is 5.56 Å². The Morgan fingerprint density at radius 1 is 1.25 bits per heavy atom. The molecule has 0 aliphatic heterocycles. The monoisotopic (exact) mass is 277 g/mol. The second-order valence-corrected chi connectivity index (χ2v) is 4.19. The van der Waals surface area contributed by atoms with Gasteiger partial charge in [-0.05, 0) is 30.7 Å². The molecule has 1 aromatic heterocycles. The third-order valence-corrected chi connectivity index (χ3v) is 2.80. The van der Waals surface area contributed by atoms with Crippen molar-refractivity contribution in [2.75, 3.05) is 17.7 Å². The van der Waals surface area contributed by atoms with Crippen LogP contribution in [0.5, 0.6) is 0 Å². The van der Waals surface area contributed by atoms with Crippen LogP contribution in [0.2, 0.25) is 0 Å². The summed E-state index contributed by atoms with van der Waals surface area (Å²) in [5.74, 6) is -1.87. The molecule has 0 saturated heterocycles. The molecule has 6 heteroatoms. The number of nitrogens with one attached hydrogen (secondary N) is 2. The Labute approximate surface area is 114 Å². The third-order valence-electron chi connectivity index (χ3n) is 2.80. The molecule has 4 nitrogen and oxygen atoms in total. The fraction of sp³-hybridized carbons (Fsp3) is 0.143. The van der Waals surface area contributed by atoms with Gasteiger partial charge in [-0.1, -0.05) is 6.07 Å². The maximum Gasteiger partial charge on any atom is 0.258 e. The number of anilines is 2. The van der Waals surface area contributed by atoms with Crippen LogP contribution >= 0.6 is 0 Å². The van der Waals surface area contributed by atoms with Crippen LogP contribution in [-0.2, 0) is 0 Å². The topological polar surface area (TPSA) is 54.0 Å².